The first-order chi connectivity index (χ1) is 16.8. The molecule has 2 unspecified atom stereocenters. The molecule has 182 valence electrons. The van der Waals surface area contributed by atoms with Crippen molar-refractivity contribution in [3.8, 4) is 29.0 Å². The third kappa shape index (κ3) is 5.41. The normalized spacial score (nSPS) is 17.5. The van der Waals surface area contributed by atoms with Crippen molar-refractivity contribution < 1.29 is 14.2 Å². The lowest BCUT2D eigenvalue weighted by molar-refractivity contribution is 0.00982. The minimum atomic E-state index is -0.624. The van der Waals surface area contributed by atoms with Gasteiger partial charge in [-0.2, -0.15) is 10.2 Å². The van der Waals surface area contributed by atoms with Crippen LogP contribution in [0.15, 0.2) is 42.6 Å². The molecule has 1 aromatic carbocycles. The van der Waals surface area contributed by atoms with E-state index in [1.54, 1.807) is 25.4 Å². The maximum Gasteiger partial charge on any atom is 0.224 e. The second-order valence-electron chi connectivity index (χ2n) is 8.74. The Morgan fingerprint density at radius 1 is 1.26 bits per heavy atom. The van der Waals surface area contributed by atoms with Gasteiger partial charge in [0.15, 0.2) is 0 Å². The molecule has 0 amide bonds. The molecule has 1 saturated heterocycles. The third-order valence-electron chi connectivity index (χ3n) is 6.18. The zero-order valence-electron chi connectivity index (χ0n) is 20.5. The number of methoxy groups -OCH3 is 1. The zero-order chi connectivity index (χ0) is 25.0. The average Bonchev–Trinajstić information content (AvgIpc) is 2.88. The number of benzene rings is 1. The van der Waals surface area contributed by atoms with Crippen molar-refractivity contribution >= 4 is 5.82 Å². The largest absolute Gasteiger partial charge is 0.438 e. The Balaban J connectivity index is 1.68. The van der Waals surface area contributed by atoms with E-state index in [0.717, 1.165) is 30.0 Å². The summed E-state index contributed by atoms with van der Waals surface area (Å²) >= 11 is 0. The number of nitriles is 1. The molecule has 3 aromatic rings. The summed E-state index contributed by atoms with van der Waals surface area (Å²) in [5.41, 5.74) is 8.05. The number of nitrogens with zero attached hydrogens (tertiary/aromatic N) is 5. The summed E-state index contributed by atoms with van der Waals surface area (Å²) in [6.45, 7) is 8.25. The number of morpholine rings is 1. The van der Waals surface area contributed by atoms with Crippen LogP contribution in [0.5, 0.6) is 11.6 Å². The molecule has 1 aliphatic heterocycles. The van der Waals surface area contributed by atoms with E-state index < -0.39 is 5.60 Å². The zero-order valence-corrected chi connectivity index (χ0v) is 20.5. The predicted molar refractivity (Wildman–Crippen MR) is 132 cm³/mol. The van der Waals surface area contributed by atoms with Crippen LogP contribution in [0.2, 0.25) is 0 Å². The lowest BCUT2D eigenvalue weighted by Crippen LogP contribution is -2.41. The number of anilines is 1. The first kappa shape index (κ1) is 24.5. The van der Waals surface area contributed by atoms with Crippen LogP contribution in [-0.4, -0.2) is 54.4 Å². The van der Waals surface area contributed by atoms with Crippen molar-refractivity contribution in [2.24, 2.45) is 5.73 Å². The highest BCUT2D eigenvalue weighted by Crippen LogP contribution is 2.34. The van der Waals surface area contributed by atoms with Gasteiger partial charge < -0.3 is 24.8 Å². The molecule has 0 spiro atoms. The van der Waals surface area contributed by atoms with E-state index in [1.807, 2.05) is 45.0 Å². The van der Waals surface area contributed by atoms with Gasteiger partial charge >= 0.3 is 0 Å². The van der Waals surface area contributed by atoms with E-state index in [1.165, 1.54) is 0 Å². The van der Waals surface area contributed by atoms with Crippen LogP contribution in [0.3, 0.4) is 0 Å². The molecule has 3 heterocycles. The molecule has 2 aromatic heterocycles. The fraction of sp³-hybridized carbons (Fsp3) is 0.385. The van der Waals surface area contributed by atoms with E-state index >= 15 is 0 Å². The van der Waals surface area contributed by atoms with Gasteiger partial charge in [-0.25, -0.2) is 4.98 Å². The van der Waals surface area contributed by atoms with Crippen LogP contribution >= 0.6 is 0 Å². The van der Waals surface area contributed by atoms with Gasteiger partial charge in [0.25, 0.3) is 0 Å². The number of ether oxygens (including phenoxy) is 3. The van der Waals surface area contributed by atoms with Gasteiger partial charge in [0, 0.05) is 50.1 Å². The minimum absolute atomic E-state index is 0.121. The Morgan fingerprint density at radius 3 is 2.74 bits per heavy atom. The Hall–Kier alpha value is -3.58. The highest BCUT2D eigenvalue weighted by molar-refractivity contribution is 5.69. The molecule has 2 N–H and O–H groups in total. The van der Waals surface area contributed by atoms with Gasteiger partial charge in [-0.1, -0.05) is 6.07 Å². The molecular formula is C26H30N6O3. The Labute approximate surface area is 205 Å². The Morgan fingerprint density at radius 2 is 2.09 bits per heavy atom. The van der Waals surface area contributed by atoms with Crippen LogP contribution < -0.4 is 15.4 Å². The highest BCUT2D eigenvalue weighted by atomic mass is 16.5. The SMILES string of the molecule is COC(C)(CN)c1ccc(-c2ccc(C#N)cc2Oc2cc(N3CCOC(C)C3)nc(C)n2)nc1. The van der Waals surface area contributed by atoms with Crippen molar-refractivity contribution in [1.82, 2.24) is 15.0 Å². The Kier molecular flexibility index (Phi) is 7.26. The van der Waals surface area contributed by atoms with Gasteiger partial charge in [-0.3, -0.25) is 4.98 Å². The summed E-state index contributed by atoms with van der Waals surface area (Å²) in [6, 6.07) is 13.1. The van der Waals surface area contributed by atoms with E-state index in [2.05, 4.69) is 25.9 Å². The molecule has 1 fully saturated rings. The summed E-state index contributed by atoms with van der Waals surface area (Å²) < 4.78 is 17.5. The summed E-state index contributed by atoms with van der Waals surface area (Å²) in [4.78, 5) is 15.9. The molecule has 0 saturated carbocycles. The number of hydrogen-bond acceptors (Lipinski definition) is 9. The third-order valence-corrected chi connectivity index (χ3v) is 6.18. The lowest BCUT2D eigenvalue weighted by atomic mass is 9.96. The fourth-order valence-electron chi connectivity index (χ4n) is 3.95. The molecule has 0 bridgehead atoms. The first-order valence-corrected chi connectivity index (χ1v) is 11.5. The van der Waals surface area contributed by atoms with Crippen LogP contribution in [0.4, 0.5) is 5.82 Å². The van der Waals surface area contributed by atoms with Crippen molar-refractivity contribution in [3.05, 3.63) is 59.5 Å². The van der Waals surface area contributed by atoms with Crippen LogP contribution in [0, 0.1) is 18.3 Å². The van der Waals surface area contributed by atoms with Gasteiger partial charge in [0.1, 0.15) is 23.0 Å². The number of rotatable bonds is 7. The van der Waals surface area contributed by atoms with Crippen molar-refractivity contribution in [3.63, 3.8) is 0 Å². The molecule has 4 rings (SSSR count). The first-order valence-electron chi connectivity index (χ1n) is 11.5. The quantitative estimate of drug-likeness (QED) is 0.548. The van der Waals surface area contributed by atoms with Gasteiger partial charge in [-0.15, -0.1) is 0 Å². The topological polar surface area (TPSA) is 119 Å². The molecule has 0 radical (unpaired) electrons. The molecule has 9 heteroatoms. The van der Waals surface area contributed by atoms with Crippen LogP contribution in [-0.2, 0) is 15.1 Å². The number of pyridine rings is 1. The molecule has 0 aliphatic carbocycles. The fourth-order valence-corrected chi connectivity index (χ4v) is 3.95. The van der Waals surface area contributed by atoms with Crippen molar-refractivity contribution in [2.75, 3.05) is 38.3 Å². The predicted octanol–water partition coefficient (Wildman–Crippen LogP) is 3.56. The summed E-state index contributed by atoms with van der Waals surface area (Å²) in [6.07, 6.45) is 1.87. The van der Waals surface area contributed by atoms with E-state index in [4.69, 9.17) is 19.9 Å². The van der Waals surface area contributed by atoms with E-state index in [-0.39, 0.29) is 6.10 Å². The summed E-state index contributed by atoms with van der Waals surface area (Å²) in [5, 5.41) is 9.46. The van der Waals surface area contributed by atoms with Gasteiger partial charge in [0.05, 0.1) is 30.0 Å². The maximum absolute atomic E-state index is 9.46. The second kappa shape index (κ2) is 10.4. The van der Waals surface area contributed by atoms with Gasteiger partial charge in [0.2, 0.25) is 5.88 Å². The minimum Gasteiger partial charge on any atom is -0.438 e. The van der Waals surface area contributed by atoms with Crippen molar-refractivity contribution in [1.29, 1.82) is 5.26 Å². The smallest absolute Gasteiger partial charge is 0.224 e. The molecule has 35 heavy (non-hydrogen) atoms. The maximum atomic E-state index is 9.46. The number of aryl methyl sites for hydroxylation is 1. The monoisotopic (exact) mass is 474 g/mol. The van der Waals surface area contributed by atoms with E-state index in [9.17, 15) is 5.26 Å². The molecule has 1 aliphatic rings. The number of hydrogen-bond donors (Lipinski definition) is 1. The lowest BCUT2D eigenvalue weighted by Gasteiger charge is -2.32. The van der Waals surface area contributed by atoms with Crippen LogP contribution in [0.1, 0.15) is 30.8 Å². The van der Waals surface area contributed by atoms with E-state index in [0.29, 0.717) is 41.9 Å². The highest BCUT2D eigenvalue weighted by Gasteiger charge is 2.25. The van der Waals surface area contributed by atoms with Crippen LogP contribution in [0.25, 0.3) is 11.3 Å². The van der Waals surface area contributed by atoms with Gasteiger partial charge in [-0.05, 0) is 45.0 Å². The number of aromatic nitrogens is 3. The summed E-state index contributed by atoms with van der Waals surface area (Å²) in [5.74, 6) is 2.26. The second-order valence-corrected chi connectivity index (χ2v) is 8.74. The van der Waals surface area contributed by atoms with Crippen molar-refractivity contribution in [2.45, 2.75) is 32.5 Å². The molecule has 9 nitrogen and oxygen atoms in total. The number of nitrogens with two attached hydrogens (primary N) is 1. The average molecular weight is 475 g/mol. The summed E-state index contributed by atoms with van der Waals surface area (Å²) in [7, 11) is 1.63. The Bertz CT molecular complexity index is 1220. The molecular weight excluding hydrogens is 444 g/mol. The molecule has 2 atom stereocenters. The standard InChI is InChI=1S/C26H30N6O3/c1-17-15-32(9-10-34-17)24-12-25(31-18(2)30-24)35-23-11-19(13-27)5-7-21(23)22-8-6-20(14-29-22)26(3,16-28)33-4/h5-8,11-12,14,17H,9-10,15-16,28H2,1-4H3.